The molecule has 3 unspecified atom stereocenters. The summed E-state index contributed by atoms with van der Waals surface area (Å²) in [4.78, 5) is 0. The van der Waals surface area contributed by atoms with Gasteiger partial charge in [0.15, 0.2) is 0 Å². The fourth-order valence-corrected chi connectivity index (χ4v) is 2.65. The molecule has 0 bridgehead atoms. The minimum Gasteiger partial charge on any atom is -0.393 e. The lowest BCUT2D eigenvalue weighted by Gasteiger charge is -2.30. The van der Waals surface area contributed by atoms with Crippen LogP contribution in [0.25, 0.3) is 0 Å². The summed E-state index contributed by atoms with van der Waals surface area (Å²) in [6.07, 6.45) is 7.67. The maximum atomic E-state index is 9.98. The molecule has 0 amide bonds. The van der Waals surface area contributed by atoms with Crippen molar-refractivity contribution in [1.82, 2.24) is 0 Å². The molecule has 0 aromatic carbocycles. The van der Waals surface area contributed by atoms with Crippen LogP contribution >= 0.6 is 0 Å². The van der Waals surface area contributed by atoms with Crippen molar-refractivity contribution in [3.63, 3.8) is 0 Å². The van der Waals surface area contributed by atoms with Gasteiger partial charge in [-0.1, -0.05) is 47.0 Å². The van der Waals surface area contributed by atoms with Crippen LogP contribution in [0.3, 0.4) is 0 Å². The first-order valence-corrected chi connectivity index (χ1v) is 6.57. The highest BCUT2D eigenvalue weighted by molar-refractivity contribution is 4.76. The van der Waals surface area contributed by atoms with Gasteiger partial charge in [-0.05, 0) is 36.5 Å². The highest BCUT2D eigenvalue weighted by atomic mass is 16.3. The first kappa shape index (κ1) is 13.0. The van der Waals surface area contributed by atoms with Gasteiger partial charge in [-0.2, -0.15) is 0 Å². The molecule has 1 aliphatic carbocycles. The van der Waals surface area contributed by atoms with E-state index in [0.29, 0.717) is 0 Å². The van der Waals surface area contributed by atoms with Gasteiger partial charge in [0.2, 0.25) is 0 Å². The smallest absolute Gasteiger partial charge is 0.0588 e. The average molecular weight is 212 g/mol. The number of aliphatic hydroxyl groups is 1. The minimum atomic E-state index is -0.130. The Bertz CT molecular complexity index is 180. The molecule has 1 saturated carbocycles. The molecular weight excluding hydrogens is 184 g/mol. The van der Waals surface area contributed by atoms with Crippen LogP contribution in [-0.2, 0) is 0 Å². The van der Waals surface area contributed by atoms with E-state index in [1.165, 1.54) is 32.1 Å². The highest BCUT2D eigenvalue weighted by Crippen LogP contribution is 2.33. The van der Waals surface area contributed by atoms with Crippen LogP contribution in [0.5, 0.6) is 0 Å². The molecule has 0 spiro atoms. The third-order valence-electron chi connectivity index (χ3n) is 3.89. The van der Waals surface area contributed by atoms with E-state index >= 15 is 0 Å². The predicted octanol–water partition coefficient (Wildman–Crippen LogP) is 4.00. The van der Waals surface area contributed by atoms with Crippen LogP contribution in [-0.4, -0.2) is 11.2 Å². The fourth-order valence-electron chi connectivity index (χ4n) is 2.65. The van der Waals surface area contributed by atoms with Crippen LogP contribution in [0.1, 0.15) is 66.2 Å². The molecule has 1 N–H and O–H groups in total. The van der Waals surface area contributed by atoms with Crippen molar-refractivity contribution in [2.45, 2.75) is 72.3 Å². The molecule has 15 heavy (non-hydrogen) atoms. The van der Waals surface area contributed by atoms with Gasteiger partial charge in [0.25, 0.3) is 0 Å². The summed E-state index contributed by atoms with van der Waals surface area (Å²) >= 11 is 0. The van der Waals surface area contributed by atoms with Gasteiger partial charge in [-0.25, -0.2) is 0 Å². The number of rotatable bonds is 3. The van der Waals surface area contributed by atoms with Crippen LogP contribution < -0.4 is 0 Å². The second-order valence-electron chi connectivity index (χ2n) is 6.60. The summed E-state index contributed by atoms with van der Waals surface area (Å²) in [5, 5.41) is 9.98. The molecule has 90 valence electrons. The molecule has 0 saturated heterocycles. The van der Waals surface area contributed by atoms with Crippen molar-refractivity contribution in [1.29, 1.82) is 0 Å². The molecule has 0 heterocycles. The Morgan fingerprint density at radius 1 is 1.27 bits per heavy atom. The third kappa shape index (κ3) is 4.55. The summed E-state index contributed by atoms with van der Waals surface area (Å²) in [6.45, 7) is 8.75. The Morgan fingerprint density at radius 3 is 2.47 bits per heavy atom. The van der Waals surface area contributed by atoms with Crippen LogP contribution in [0.2, 0.25) is 0 Å². The maximum absolute atomic E-state index is 9.98. The van der Waals surface area contributed by atoms with Crippen LogP contribution in [0, 0.1) is 17.3 Å². The zero-order valence-corrected chi connectivity index (χ0v) is 10.9. The van der Waals surface area contributed by atoms with Crippen molar-refractivity contribution in [2.75, 3.05) is 0 Å². The van der Waals surface area contributed by atoms with Crippen molar-refractivity contribution >= 4 is 0 Å². The van der Waals surface area contributed by atoms with Crippen molar-refractivity contribution < 1.29 is 5.11 Å². The van der Waals surface area contributed by atoms with E-state index in [2.05, 4.69) is 27.7 Å². The molecule has 0 aliphatic heterocycles. The molecule has 1 fully saturated rings. The largest absolute Gasteiger partial charge is 0.393 e. The van der Waals surface area contributed by atoms with E-state index in [1.54, 1.807) is 0 Å². The fraction of sp³-hybridized carbons (Fsp3) is 1.00. The summed E-state index contributed by atoms with van der Waals surface area (Å²) < 4.78 is 0. The van der Waals surface area contributed by atoms with Crippen molar-refractivity contribution in [3.8, 4) is 0 Å². The van der Waals surface area contributed by atoms with Gasteiger partial charge in [0, 0.05) is 0 Å². The summed E-state index contributed by atoms with van der Waals surface area (Å²) in [5.41, 5.74) is 0.0558. The zero-order chi connectivity index (χ0) is 11.5. The Hall–Kier alpha value is -0.0400. The highest BCUT2D eigenvalue weighted by Gasteiger charge is 2.24. The molecule has 0 radical (unpaired) electrons. The second kappa shape index (κ2) is 5.34. The standard InChI is InChI=1S/C14H28O/c1-11-6-5-7-12(10-11)8-9-13(15)14(2,3)4/h11-13,15H,5-10H2,1-4H3. The number of hydrogen-bond acceptors (Lipinski definition) is 1. The Labute approximate surface area is 95.3 Å². The Morgan fingerprint density at radius 2 is 1.93 bits per heavy atom. The lowest BCUT2D eigenvalue weighted by atomic mass is 9.78. The van der Waals surface area contributed by atoms with Gasteiger partial charge in [-0.3, -0.25) is 0 Å². The van der Waals surface area contributed by atoms with Crippen molar-refractivity contribution in [3.05, 3.63) is 0 Å². The van der Waals surface area contributed by atoms with Gasteiger partial charge in [0.1, 0.15) is 0 Å². The van der Waals surface area contributed by atoms with E-state index < -0.39 is 0 Å². The molecule has 0 aromatic heterocycles. The van der Waals surface area contributed by atoms with Crippen LogP contribution in [0.4, 0.5) is 0 Å². The zero-order valence-electron chi connectivity index (χ0n) is 10.9. The molecule has 1 heteroatoms. The lowest BCUT2D eigenvalue weighted by Crippen LogP contribution is -2.27. The van der Waals surface area contributed by atoms with E-state index in [1.807, 2.05) is 0 Å². The second-order valence-corrected chi connectivity index (χ2v) is 6.60. The summed E-state index contributed by atoms with van der Waals surface area (Å²) in [6, 6.07) is 0. The Balaban J connectivity index is 2.24. The van der Waals surface area contributed by atoms with Crippen LogP contribution in [0.15, 0.2) is 0 Å². The number of aliphatic hydroxyl groups excluding tert-OH is 1. The average Bonchev–Trinajstić information content (AvgIpc) is 2.12. The van der Waals surface area contributed by atoms with Gasteiger partial charge in [-0.15, -0.1) is 0 Å². The molecular formula is C14H28O. The number of hydrogen-bond donors (Lipinski definition) is 1. The predicted molar refractivity (Wildman–Crippen MR) is 65.8 cm³/mol. The first-order valence-electron chi connectivity index (χ1n) is 6.57. The Kier molecular flexibility index (Phi) is 4.64. The van der Waals surface area contributed by atoms with E-state index in [4.69, 9.17) is 0 Å². The molecule has 1 rings (SSSR count). The van der Waals surface area contributed by atoms with E-state index in [-0.39, 0.29) is 11.5 Å². The molecule has 3 atom stereocenters. The minimum absolute atomic E-state index is 0.0558. The maximum Gasteiger partial charge on any atom is 0.0588 e. The van der Waals surface area contributed by atoms with E-state index in [9.17, 15) is 5.11 Å². The topological polar surface area (TPSA) is 20.2 Å². The molecule has 1 nitrogen and oxygen atoms in total. The molecule has 0 aromatic rings. The van der Waals surface area contributed by atoms with Gasteiger partial charge < -0.3 is 5.11 Å². The van der Waals surface area contributed by atoms with Gasteiger partial charge >= 0.3 is 0 Å². The van der Waals surface area contributed by atoms with Gasteiger partial charge in [0.05, 0.1) is 6.10 Å². The quantitative estimate of drug-likeness (QED) is 0.749. The van der Waals surface area contributed by atoms with E-state index in [0.717, 1.165) is 18.3 Å². The van der Waals surface area contributed by atoms with Crippen molar-refractivity contribution in [2.24, 2.45) is 17.3 Å². The first-order chi connectivity index (χ1) is 6.89. The lowest BCUT2D eigenvalue weighted by molar-refractivity contribution is 0.0471. The summed E-state index contributed by atoms with van der Waals surface area (Å²) in [7, 11) is 0. The molecule has 1 aliphatic rings. The monoisotopic (exact) mass is 212 g/mol. The normalized spacial score (nSPS) is 30.2. The SMILES string of the molecule is CC1CCCC(CCC(O)C(C)(C)C)C1. The third-order valence-corrected chi connectivity index (χ3v) is 3.89. The summed E-state index contributed by atoms with van der Waals surface area (Å²) in [5.74, 6) is 1.79.